The fraction of sp³-hybridized carbons (Fsp3) is 0.500. The van der Waals surface area contributed by atoms with Crippen LogP contribution in [0.1, 0.15) is 25.7 Å². The number of hydrogen-bond acceptors (Lipinski definition) is 4. The average molecular weight is 231 g/mol. The third-order valence-corrected chi connectivity index (χ3v) is 3.38. The quantitative estimate of drug-likeness (QED) is 0.820. The van der Waals surface area contributed by atoms with Crippen molar-refractivity contribution in [2.75, 3.05) is 5.32 Å². The first-order valence-corrected chi connectivity index (χ1v) is 6.16. The number of nitrogens with one attached hydrogen (secondary N) is 1. The molecule has 1 aliphatic rings. The highest BCUT2D eigenvalue weighted by atomic mass is 15.3. The first kappa shape index (κ1) is 10.5. The van der Waals surface area contributed by atoms with Gasteiger partial charge in [-0.25, -0.2) is 4.52 Å². The van der Waals surface area contributed by atoms with Gasteiger partial charge in [0.2, 0.25) is 5.95 Å². The molecule has 2 heterocycles. The molecule has 0 aliphatic heterocycles. The van der Waals surface area contributed by atoms with Crippen LogP contribution in [0.3, 0.4) is 0 Å². The number of fused-ring (bicyclic) bond motifs is 1. The van der Waals surface area contributed by atoms with Crippen LogP contribution >= 0.6 is 0 Å². The average Bonchev–Trinajstić information content (AvgIpc) is 2.74. The summed E-state index contributed by atoms with van der Waals surface area (Å²) in [6.07, 6.45) is 6.56. The molecule has 0 radical (unpaired) electrons. The van der Waals surface area contributed by atoms with E-state index >= 15 is 0 Å². The van der Waals surface area contributed by atoms with E-state index in [4.69, 9.17) is 5.73 Å². The first-order valence-electron chi connectivity index (χ1n) is 6.16. The number of anilines is 1. The monoisotopic (exact) mass is 231 g/mol. The van der Waals surface area contributed by atoms with Crippen LogP contribution in [-0.4, -0.2) is 26.7 Å². The molecule has 1 saturated carbocycles. The number of hydrogen-bond donors (Lipinski definition) is 2. The Morgan fingerprint density at radius 3 is 3.00 bits per heavy atom. The van der Waals surface area contributed by atoms with Crippen LogP contribution in [0.15, 0.2) is 24.4 Å². The zero-order chi connectivity index (χ0) is 11.7. The molecule has 1 aliphatic carbocycles. The Hall–Kier alpha value is -1.62. The Kier molecular flexibility index (Phi) is 2.68. The van der Waals surface area contributed by atoms with Crippen molar-refractivity contribution in [2.24, 2.45) is 5.73 Å². The van der Waals surface area contributed by atoms with Gasteiger partial charge in [-0.1, -0.05) is 18.9 Å². The predicted molar refractivity (Wildman–Crippen MR) is 66.8 cm³/mol. The second-order valence-corrected chi connectivity index (χ2v) is 4.64. The van der Waals surface area contributed by atoms with Crippen molar-refractivity contribution in [3.8, 4) is 0 Å². The van der Waals surface area contributed by atoms with Crippen LogP contribution in [0.25, 0.3) is 5.65 Å². The minimum atomic E-state index is 0.218. The fourth-order valence-corrected chi connectivity index (χ4v) is 2.40. The van der Waals surface area contributed by atoms with E-state index < -0.39 is 0 Å². The molecule has 2 atom stereocenters. The maximum Gasteiger partial charge on any atom is 0.243 e. The van der Waals surface area contributed by atoms with Crippen LogP contribution in [0.5, 0.6) is 0 Å². The van der Waals surface area contributed by atoms with E-state index in [2.05, 4.69) is 15.4 Å². The number of nitrogens with two attached hydrogens (primary N) is 1. The molecule has 0 spiro atoms. The van der Waals surface area contributed by atoms with Gasteiger partial charge >= 0.3 is 0 Å². The molecule has 0 aromatic carbocycles. The number of nitrogens with zero attached hydrogens (tertiary/aromatic N) is 3. The van der Waals surface area contributed by atoms with Gasteiger partial charge in [0.25, 0.3) is 0 Å². The van der Waals surface area contributed by atoms with E-state index in [9.17, 15) is 0 Å². The second-order valence-electron chi connectivity index (χ2n) is 4.64. The molecule has 5 heteroatoms. The zero-order valence-corrected chi connectivity index (χ0v) is 9.71. The van der Waals surface area contributed by atoms with Crippen molar-refractivity contribution >= 4 is 11.6 Å². The highest BCUT2D eigenvalue weighted by Gasteiger charge is 2.22. The van der Waals surface area contributed by atoms with Crippen LogP contribution < -0.4 is 11.1 Å². The predicted octanol–water partition coefficient (Wildman–Crippen LogP) is 1.41. The molecule has 2 aromatic rings. The van der Waals surface area contributed by atoms with E-state index in [1.54, 1.807) is 4.52 Å². The van der Waals surface area contributed by atoms with E-state index in [-0.39, 0.29) is 6.04 Å². The normalized spacial score (nSPS) is 25.0. The van der Waals surface area contributed by atoms with Crippen LogP contribution in [0, 0.1) is 0 Å². The van der Waals surface area contributed by atoms with E-state index in [0.29, 0.717) is 12.0 Å². The van der Waals surface area contributed by atoms with Gasteiger partial charge in [0.1, 0.15) is 0 Å². The lowest BCUT2D eigenvalue weighted by atomic mass is 9.91. The molecule has 90 valence electrons. The van der Waals surface area contributed by atoms with Gasteiger partial charge in [-0.3, -0.25) is 0 Å². The van der Waals surface area contributed by atoms with Gasteiger partial charge in [-0.2, -0.15) is 4.98 Å². The van der Waals surface area contributed by atoms with E-state index in [1.807, 2.05) is 24.4 Å². The standard InChI is InChI=1S/C12H17N5/c13-9-5-1-2-6-10(9)14-12-15-11-7-3-4-8-17(11)16-12/h3-4,7-10H,1-2,5-6,13H2,(H,14,16). The highest BCUT2D eigenvalue weighted by molar-refractivity contribution is 5.43. The van der Waals surface area contributed by atoms with Crippen LogP contribution in [0.2, 0.25) is 0 Å². The molecule has 2 unspecified atom stereocenters. The molecule has 2 aromatic heterocycles. The maximum atomic E-state index is 6.10. The molecule has 3 rings (SSSR count). The van der Waals surface area contributed by atoms with Gasteiger partial charge in [0, 0.05) is 18.3 Å². The highest BCUT2D eigenvalue weighted by Crippen LogP contribution is 2.19. The molecular formula is C12H17N5. The Morgan fingerprint density at radius 2 is 2.18 bits per heavy atom. The summed E-state index contributed by atoms with van der Waals surface area (Å²) in [7, 11) is 0. The van der Waals surface area contributed by atoms with Gasteiger partial charge in [0.05, 0.1) is 0 Å². The summed E-state index contributed by atoms with van der Waals surface area (Å²) in [5.41, 5.74) is 6.96. The summed E-state index contributed by atoms with van der Waals surface area (Å²) in [4.78, 5) is 4.43. The molecule has 0 bridgehead atoms. The third-order valence-electron chi connectivity index (χ3n) is 3.38. The van der Waals surface area contributed by atoms with Crippen molar-refractivity contribution in [1.29, 1.82) is 0 Å². The summed E-state index contributed by atoms with van der Waals surface area (Å²) in [6.45, 7) is 0. The van der Waals surface area contributed by atoms with Gasteiger partial charge in [-0.15, -0.1) is 5.10 Å². The summed E-state index contributed by atoms with van der Waals surface area (Å²) >= 11 is 0. The lowest BCUT2D eigenvalue weighted by molar-refractivity contribution is 0.402. The zero-order valence-electron chi connectivity index (χ0n) is 9.71. The Morgan fingerprint density at radius 1 is 1.29 bits per heavy atom. The molecule has 3 N–H and O–H groups in total. The summed E-state index contributed by atoms with van der Waals surface area (Å²) in [5, 5.41) is 7.73. The third kappa shape index (κ3) is 2.10. The number of pyridine rings is 1. The largest absolute Gasteiger partial charge is 0.349 e. The van der Waals surface area contributed by atoms with E-state index in [1.165, 1.54) is 12.8 Å². The smallest absolute Gasteiger partial charge is 0.243 e. The maximum absolute atomic E-state index is 6.10. The second kappa shape index (κ2) is 4.33. The molecule has 0 amide bonds. The van der Waals surface area contributed by atoms with Crippen molar-refractivity contribution in [3.63, 3.8) is 0 Å². The first-order chi connectivity index (χ1) is 8.33. The fourth-order valence-electron chi connectivity index (χ4n) is 2.40. The van der Waals surface area contributed by atoms with Crippen molar-refractivity contribution in [1.82, 2.24) is 14.6 Å². The van der Waals surface area contributed by atoms with Crippen LogP contribution in [-0.2, 0) is 0 Å². The van der Waals surface area contributed by atoms with Gasteiger partial charge in [-0.05, 0) is 25.0 Å². The Labute approximate surface area is 100 Å². The van der Waals surface area contributed by atoms with Crippen LogP contribution in [0.4, 0.5) is 5.95 Å². The topological polar surface area (TPSA) is 68.2 Å². The number of aromatic nitrogens is 3. The Bertz CT molecular complexity index is 473. The van der Waals surface area contributed by atoms with Crippen molar-refractivity contribution in [3.05, 3.63) is 24.4 Å². The molecule has 0 saturated heterocycles. The van der Waals surface area contributed by atoms with Gasteiger partial charge in [0.15, 0.2) is 5.65 Å². The van der Waals surface area contributed by atoms with Crippen molar-refractivity contribution in [2.45, 2.75) is 37.8 Å². The lowest BCUT2D eigenvalue weighted by Gasteiger charge is -2.28. The molecule has 1 fully saturated rings. The lowest BCUT2D eigenvalue weighted by Crippen LogP contribution is -2.42. The summed E-state index contributed by atoms with van der Waals surface area (Å²) in [5.74, 6) is 0.679. The molecular weight excluding hydrogens is 214 g/mol. The minimum Gasteiger partial charge on any atom is -0.349 e. The molecule has 5 nitrogen and oxygen atoms in total. The van der Waals surface area contributed by atoms with Gasteiger partial charge < -0.3 is 11.1 Å². The SMILES string of the molecule is NC1CCCCC1Nc1nc2ccccn2n1. The van der Waals surface area contributed by atoms with Crippen molar-refractivity contribution < 1.29 is 0 Å². The number of rotatable bonds is 2. The minimum absolute atomic E-state index is 0.218. The summed E-state index contributed by atoms with van der Waals surface area (Å²) < 4.78 is 1.77. The summed E-state index contributed by atoms with van der Waals surface area (Å²) in [6, 6.07) is 6.37. The molecule has 17 heavy (non-hydrogen) atoms. The van der Waals surface area contributed by atoms with E-state index in [0.717, 1.165) is 18.5 Å². The Balaban J connectivity index is 1.79.